The predicted octanol–water partition coefficient (Wildman–Crippen LogP) is 4.79. The maximum Gasteiger partial charge on any atom is 0.197 e. The van der Waals surface area contributed by atoms with E-state index in [0.29, 0.717) is 16.9 Å². The molecule has 0 radical (unpaired) electrons. The average molecular weight is 276 g/mol. The van der Waals surface area contributed by atoms with E-state index < -0.39 is 0 Å². The highest BCUT2D eigenvalue weighted by molar-refractivity contribution is 6.13. The Morgan fingerprint density at radius 2 is 1.38 bits per heavy atom. The topological polar surface area (TPSA) is 30.2 Å². The summed E-state index contributed by atoms with van der Waals surface area (Å²) < 4.78 is 5.72. The van der Waals surface area contributed by atoms with E-state index in [9.17, 15) is 4.79 Å². The summed E-state index contributed by atoms with van der Waals surface area (Å²) in [6.07, 6.45) is 0. The highest BCUT2D eigenvalue weighted by Gasteiger charge is 2.23. The number of aryl methyl sites for hydroxylation is 2. The number of benzene rings is 2. The Bertz CT molecular complexity index is 768. The van der Waals surface area contributed by atoms with Gasteiger partial charge in [-0.1, -0.05) is 60.7 Å². The fourth-order valence-electron chi connectivity index (χ4n) is 2.64. The van der Waals surface area contributed by atoms with Crippen molar-refractivity contribution in [2.24, 2.45) is 0 Å². The van der Waals surface area contributed by atoms with Gasteiger partial charge in [0.25, 0.3) is 0 Å². The van der Waals surface area contributed by atoms with Crippen molar-refractivity contribution in [3.8, 4) is 11.1 Å². The van der Waals surface area contributed by atoms with E-state index in [4.69, 9.17) is 4.42 Å². The van der Waals surface area contributed by atoms with Gasteiger partial charge in [0, 0.05) is 11.1 Å². The molecule has 1 aromatic heterocycles. The lowest BCUT2D eigenvalue weighted by molar-refractivity contribution is 0.103. The van der Waals surface area contributed by atoms with Crippen LogP contribution in [0.25, 0.3) is 11.1 Å². The predicted molar refractivity (Wildman–Crippen MR) is 83.5 cm³/mol. The van der Waals surface area contributed by atoms with Gasteiger partial charge in [0.15, 0.2) is 5.78 Å². The Balaban J connectivity index is 2.18. The lowest BCUT2D eigenvalue weighted by Crippen LogP contribution is -2.03. The molecule has 0 N–H and O–H groups in total. The zero-order valence-corrected chi connectivity index (χ0v) is 12.1. The minimum Gasteiger partial charge on any atom is -0.465 e. The molecule has 0 saturated heterocycles. The number of ketones is 1. The van der Waals surface area contributed by atoms with Gasteiger partial charge in [-0.15, -0.1) is 0 Å². The van der Waals surface area contributed by atoms with Gasteiger partial charge in [-0.2, -0.15) is 0 Å². The van der Waals surface area contributed by atoms with Crippen LogP contribution in [0.1, 0.15) is 27.4 Å². The molecule has 0 amide bonds. The Labute approximate surface area is 124 Å². The van der Waals surface area contributed by atoms with Crippen molar-refractivity contribution in [3.63, 3.8) is 0 Å². The summed E-state index contributed by atoms with van der Waals surface area (Å²) in [5.41, 5.74) is 3.23. The Hall–Kier alpha value is -2.61. The fourth-order valence-corrected chi connectivity index (χ4v) is 2.64. The lowest BCUT2D eigenvalue weighted by atomic mass is 9.94. The minimum atomic E-state index is 0.00352. The summed E-state index contributed by atoms with van der Waals surface area (Å²) >= 11 is 0. The van der Waals surface area contributed by atoms with Crippen LogP contribution in [0.5, 0.6) is 0 Å². The Morgan fingerprint density at radius 1 is 0.810 bits per heavy atom. The molecule has 0 atom stereocenters. The highest BCUT2D eigenvalue weighted by Crippen LogP contribution is 2.33. The van der Waals surface area contributed by atoms with Crippen molar-refractivity contribution < 1.29 is 9.21 Å². The molecule has 0 unspecified atom stereocenters. The molecule has 0 aliphatic rings. The summed E-state index contributed by atoms with van der Waals surface area (Å²) in [6.45, 7) is 3.74. The molecular weight excluding hydrogens is 260 g/mol. The zero-order valence-electron chi connectivity index (χ0n) is 12.1. The van der Waals surface area contributed by atoms with E-state index in [0.717, 1.165) is 16.9 Å². The van der Waals surface area contributed by atoms with Crippen LogP contribution in [0.3, 0.4) is 0 Å². The van der Waals surface area contributed by atoms with Gasteiger partial charge in [0.1, 0.15) is 11.5 Å². The maximum atomic E-state index is 12.8. The first-order chi connectivity index (χ1) is 10.2. The number of furan rings is 1. The largest absolute Gasteiger partial charge is 0.465 e. The Kier molecular flexibility index (Phi) is 3.44. The van der Waals surface area contributed by atoms with E-state index in [1.165, 1.54) is 0 Å². The monoisotopic (exact) mass is 276 g/mol. The maximum absolute atomic E-state index is 12.8. The Morgan fingerprint density at radius 3 is 2.00 bits per heavy atom. The van der Waals surface area contributed by atoms with Gasteiger partial charge >= 0.3 is 0 Å². The zero-order chi connectivity index (χ0) is 14.8. The number of carbonyl (C=O) groups is 1. The first kappa shape index (κ1) is 13.4. The molecule has 21 heavy (non-hydrogen) atoms. The van der Waals surface area contributed by atoms with E-state index in [-0.39, 0.29) is 5.78 Å². The summed E-state index contributed by atoms with van der Waals surface area (Å²) in [7, 11) is 0. The summed E-state index contributed by atoms with van der Waals surface area (Å²) in [5.74, 6) is 1.45. The van der Waals surface area contributed by atoms with E-state index in [2.05, 4.69) is 0 Å². The summed E-state index contributed by atoms with van der Waals surface area (Å²) in [4.78, 5) is 12.8. The van der Waals surface area contributed by atoms with Crippen LogP contribution < -0.4 is 0 Å². The standard InChI is InChI=1S/C19H16O2/c1-13-17(15-9-5-3-6-10-15)18(14(2)21-13)19(20)16-11-7-4-8-12-16/h3-12H,1-2H3. The molecule has 2 nitrogen and oxygen atoms in total. The van der Waals surface area contributed by atoms with Crippen LogP contribution >= 0.6 is 0 Å². The van der Waals surface area contributed by atoms with Gasteiger partial charge in [0.05, 0.1) is 5.56 Å². The van der Waals surface area contributed by atoms with Gasteiger partial charge in [-0.05, 0) is 19.4 Å². The van der Waals surface area contributed by atoms with Gasteiger partial charge in [0.2, 0.25) is 0 Å². The van der Waals surface area contributed by atoms with Crippen molar-refractivity contribution in [3.05, 3.63) is 83.3 Å². The molecule has 0 spiro atoms. The van der Waals surface area contributed by atoms with E-state index in [1.54, 1.807) is 0 Å². The minimum absolute atomic E-state index is 0.00352. The van der Waals surface area contributed by atoms with Crippen molar-refractivity contribution >= 4 is 5.78 Å². The molecule has 0 fully saturated rings. The highest BCUT2D eigenvalue weighted by atomic mass is 16.3. The number of carbonyl (C=O) groups excluding carboxylic acids is 1. The molecule has 2 heteroatoms. The molecule has 1 heterocycles. The third-order valence-corrected chi connectivity index (χ3v) is 3.59. The molecule has 104 valence electrons. The van der Waals surface area contributed by atoms with Crippen molar-refractivity contribution in [1.29, 1.82) is 0 Å². The number of hydrogen-bond acceptors (Lipinski definition) is 2. The van der Waals surface area contributed by atoms with E-state index >= 15 is 0 Å². The molecule has 0 aliphatic heterocycles. The van der Waals surface area contributed by atoms with Crippen molar-refractivity contribution in [2.45, 2.75) is 13.8 Å². The van der Waals surface area contributed by atoms with Crippen LogP contribution in [0.15, 0.2) is 65.1 Å². The summed E-state index contributed by atoms with van der Waals surface area (Å²) in [5, 5.41) is 0. The number of rotatable bonds is 3. The van der Waals surface area contributed by atoms with Gasteiger partial charge in [-0.25, -0.2) is 0 Å². The van der Waals surface area contributed by atoms with Crippen LogP contribution in [-0.2, 0) is 0 Å². The molecule has 2 aromatic carbocycles. The molecule has 3 rings (SSSR count). The molecule has 0 saturated carbocycles. The summed E-state index contributed by atoms with van der Waals surface area (Å²) in [6, 6.07) is 19.2. The quantitative estimate of drug-likeness (QED) is 0.643. The lowest BCUT2D eigenvalue weighted by Gasteiger charge is -2.05. The second-order valence-corrected chi connectivity index (χ2v) is 5.03. The second kappa shape index (κ2) is 5.41. The van der Waals surface area contributed by atoms with E-state index in [1.807, 2.05) is 74.5 Å². The first-order valence-electron chi connectivity index (χ1n) is 6.93. The smallest absolute Gasteiger partial charge is 0.197 e. The van der Waals surface area contributed by atoms with Gasteiger partial charge in [-0.3, -0.25) is 4.79 Å². The van der Waals surface area contributed by atoms with Gasteiger partial charge < -0.3 is 4.42 Å². The SMILES string of the molecule is Cc1oc(C)c(-c2ccccc2)c1C(=O)c1ccccc1. The first-order valence-corrected chi connectivity index (χ1v) is 6.93. The molecular formula is C19H16O2. The number of hydrogen-bond donors (Lipinski definition) is 0. The van der Waals surface area contributed by atoms with Crippen LogP contribution in [0, 0.1) is 13.8 Å². The molecule has 0 aliphatic carbocycles. The van der Waals surface area contributed by atoms with Crippen LogP contribution in [0.4, 0.5) is 0 Å². The average Bonchev–Trinajstić information content (AvgIpc) is 2.82. The normalized spacial score (nSPS) is 10.6. The van der Waals surface area contributed by atoms with Crippen LogP contribution in [-0.4, -0.2) is 5.78 Å². The molecule has 0 bridgehead atoms. The third-order valence-electron chi connectivity index (χ3n) is 3.59. The molecule has 3 aromatic rings. The van der Waals surface area contributed by atoms with Crippen molar-refractivity contribution in [1.82, 2.24) is 0 Å². The van der Waals surface area contributed by atoms with Crippen molar-refractivity contribution in [2.75, 3.05) is 0 Å². The second-order valence-electron chi connectivity index (χ2n) is 5.03. The third kappa shape index (κ3) is 2.40. The fraction of sp³-hybridized carbons (Fsp3) is 0.105. The van der Waals surface area contributed by atoms with Crippen LogP contribution in [0.2, 0.25) is 0 Å².